The van der Waals surface area contributed by atoms with Crippen LogP contribution in [0.2, 0.25) is 0 Å². The Morgan fingerprint density at radius 1 is 1.14 bits per heavy atom. The van der Waals surface area contributed by atoms with Gasteiger partial charge in [0.25, 0.3) is 0 Å². The van der Waals surface area contributed by atoms with Crippen LogP contribution in [-0.4, -0.2) is 26.0 Å². The van der Waals surface area contributed by atoms with Crippen molar-refractivity contribution in [3.05, 3.63) is 59.2 Å². The molecule has 0 saturated heterocycles. The summed E-state index contributed by atoms with van der Waals surface area (Å²) in [4.78, 5) is 11.4. The summed E-state index contributed by atoms with van der Waals surface area (Å²) in [6.45, 7) is 2.83. The second-order valence-electron chi connectivity index (χ2n) is 6.37. The lowest BCUT2D eigenvalue weighted by Crippen LogP contribution is -2.29. The van der Waals surface area contributed by atoms with Crippen molar-refractivity contribution >= 4 is 21.6 Å². The van der Waals surface area contributed by atoms with Crippen molar-refractivity contribution in [1.82, 2.24) is 4.72 Å². The Kier molecular flexibility index (Phi) is 7.04. The largest absolute Gasteiger partial charge is 0.416 e. The second kappa shape index (κ2) is 8.93. The molecule has 1 atom stereocenters. The van der Waals surface area contributed by atoms with Gasteiger partial charge in [-0.3, -0.25) is 4.79 Å². The minimum Gasteiger partial charge on any atom is -0.387 e. The van der Waals surface area contributed by atoms with E-state index < -0.39 is 34.4 Å². The zero-order valence-corrected chi connectivity index (χ0v) is 16.6. The van der Waals surface area contributed by atoms with Crippen LogP contribution in [-0.2, 0) is 21.0 Å². The van der Waals surface area contributed by atoms with E-state index in [9.17, 15) is 31.5 Å². The highest BCUT2D eigenvalue weighted by atomic mass is 32.2. The normalized spacial score (nSPS) is 13.2. The molecule has 158 valence electrons. The van der Waals surface area contributed by atoms with Gasteiger partial charge in [0.05, 0.1) is 16.6 Å². The molecule has 2 rings (SSSR count). The Balaban J connectivity index is 2.08. The summed E-state index contributed by atoms with van der Waals surface area (Å²) in [6.07, 6.45) is -5.54. The molecule has 2 aromatic carbocycles. The summed E-state index contributed by atoms with van der Waals surface area (Å²) >= 11 is 0. The highest BCUT2D eigenvalue weighted by molar-refractivity contribution is 7.89. The highest BCUT2D eigenvalue weighted by Crippen LogP contribution is 2.30. The van der Waals surface area contributed by atoms with Crippen LogP contribution in [0, 0.1) is 6.92 Å². The number of aryl methyl sites for hydroxylation is 1. The molecule has 6 nitrogen and oxygen atoms in total. The first-order chi connectivity index (χ1) is 13.4. The quantitative estimate of drug-likeness (QED) is 0.628. The monoisotopic (exact) mass is 430 g/mol. The van der Waals surface area contributed by atoms with Crippen LogP contribution in [0.25, 0.3) is 0 Å². The first-order valence-corrected chi connectivity index (χ1v) is 10.2. The zero-order chi connectivity index (χ0) is 21.8. The van der Waals surface area contributed by atoms with Crippen LogP contribution in [0.3, 0.4) is 0 Å². The standard InChI is InChI=1S/C19H21F3N2O4S/c1-3-18(26)24-15-8-9-17(12(2)10-15)29(27,28)23-11-16(25)13-4-6-14(7-5-13)19(20,21)22/h4-10,16,23,25H,3,11H2,1-2H3,(H,24,26). The van der Waals surface area contributed by atoms with Crippen molar-refractivity contribution in [2.24, 2.45) is 0 Å². The van der Waals surface area contributed by atoms with E-state index in [4.69, 9.17) is 0 Å². The van der Waals surface area contributed by atoms with E-state index in [-0.39, 0.29) is 22.8 Å². The second-order valence-corrected chi connectivity index (χ2v) is 8.10. The Labute approximate surface area is 166 Å². The number of amides is 1. The average Bonchev–Trinajstić information content (AvgIpc) is 2.65. The number of hydrogen-bond donors (Lipinski definition) is 3. The summed E-state index contributed by atoms with van der Waals surface area (Å²) in [5.74, 6) is -0.210. The minimum atomic E-state index is -4.49. The molecule has 29 heavy (non-hydrogen) atoms. The van der Waals surface area contributed by atoms with Gasteiger partial charge in [0.2, 0.25) is 15.9 Å². The maximum absolute atomic E-state index is 12.6. The number of aliphatic hydroxyl groups excluding tert-OH is 1. The van der Waals surface area contributed by atoms with Crippen molar-refractivity contribution in [2.45, 2.75) is 37.4 Å². The molecule has 0 aliphatic heterocycles. The number of benzene rings is 2. The van der Waals surface area contributed by atoms with Crippen molar-refractivity contribution < 1.29 is 31.5 Å². The van der Waals surface area contributed by atoms with Crippen LogP contribution in [0.5, 0.6) is 0 Å². The number of carbonyl (C=O) groups is 1. The number of carbonyl (C=O) groups excluding carboxylic acids is 1. The number of anilines is 1. The van der Waals surface area contributed by atoms with Gasteiger partial charge in [-0.25, -0.2) is 13.1 Å². The van der Waals surface area contributed by atoms with Gasteiger partial charge in [0.15, 0.2) is 0 Å². The fourth-order valence-electron chi connectivity index (χ4n) is 2.56. The maximum atomic E-state index is 12.6. The maximum Gasteiger partial charge on any atom is 0.416 e. The number of hydrogen-bond acceptors (Lipinski definition) is 4. The van der Waals surface area contributed by atoms with Crippen LogP contribution < -0.4 is 10.0 Å². The first kappa shape index (κ1) is 22.9. The predicted molar refractivity (Wildman–Crippen MR) is 102 cm³/mol. The van der Waals surface area contributed by atoms with Crippen LogP contribution >= 0.6 is 0 Å². The topological polar surface area (TPSA) is 95.5 Å². The molecular formula is C19H21F3N2O4S. The van der Waals surface area contributed by atoms with Gasteiger partial charge in [0.1, 0.15) is 0 Å². The number of sulfonamides is 1. The third kappa shape index (κ3) is 6.02. The lowest BCUT2D eigenvalue weighted by Gasteiger charge is -2.15. The van der Waals surface area contributed by atoms with Crippen molar-refractivity contribution in [1.29, 1.82) is 0 Å². The summed E-state index contributed by atoms with van der Waals surface area (Å²) < 4.78 is 65.0. The zero-order valence-electron chi connectivity index (χ0n) is 15.7. The van der Waals surface area contributed by atoms with E-state index >= 15 is 0 Å². The molecule has 3 N–H and O–H groups in total. The van der Waals surface area contributed by atoms with Crippen LogP contribution in [0.4, 0.5) is 18.9 Å². The molecule has 0 aliphatic rings. The third-order valence-corrected chi connectivity index (χ3v) is 5.74. The number of halogens is 3. The number of aliphatic hydroxyl groups is 1. The van der Waals surface area contributed by atoms with E-state index in [1.807, 2.05) is 0 Å². The molecule has 0 saturated carbocycles. The molecule has 1 amide bonds. The fourth-order valence-corrected chi connectivity index (χ4v) is 3.82. The van der Waals surface area contributed by atoms with Crippen LogP contribution in [0.1, 0.15) is 36.1 Å². The average molecular weight is 430 g/mol. The van der Waals surface area contributed by atoms with Gasteiger partial charge < -0.3 is 10.4 Å². The molecule has 1 unspecified atom stereocenters. The molecule has 0 radical (unpaired) electrons. The van der Waals surface area contributed by atoms with Gasteiger partial charge in [-0.1, -0.05) is 19.1 Å². The molecule has 0 aromatic heterocycles. The molecule has 10 heteroatoms. The first-order valence-electron chi connectivity index (χ1n) is 8.69. The number of alkyl halides is 3. The van der Waals surface area contributed by atoms with E-state index in [2.05, 4.69) is 10.0 Å². The number of rotatable bonds is 7. The van der Waals surface area contributed by atoms with E-state index in [1.165, 1.54) is 18.2 Å². The van der Waals surface area contributed by atoms with Gasteiger partial charge in [-0.15, -0.1) is 0 Å². The molecule has 0 spiro atoms. The van der Waals surface area contributed by atoms with E-state index in [0.717, 1.165) is 24.3 Å². The molecular weight excluding hydrogens is 409 g/mol. The molecule has 2 aromatic rings. The van der Waals surface area contributed by atoms with Crippen molar-refractivity contribution in [2.75, 3.05) is 11.9 Å². The fraction of sp³-hybridized carbons (Fsp3) is 0.316. The lowest BCUT2D eigenvalue weighted by atomic mass is 10.1. The third-order valence-electron chi connectivity index (χ3n) is 4.16. The lowest BCUT2D eigenvalue weighted by molar-refractivity contribution is -0.137. The van der Waals surface area contributed by atoms with Crippen LogP contribution in [0.15, 0.2) is 47.4 Å². The minimum absolute atomic E-state index is 0.0355. The smallest absolute Gasteiger partial charge is 0.387 e. The summed E-state index contributed by atoms with van der Waals surface area (Å²) in [5, 5.41) is 12.7. The Bertz CT molecular complexity index is 974. The summed E-state index contributed by atoms with van der Waals surface area (Å²) in [5.41, 5.74) is 0.128. The Morgan fingerprint density at radius 2 is 1.76 bits per heavy atom. The molecule has 0 aliphatic carbocycles. The van der Waals surface area contributed by atoms with Crippen molar-refractivity contribution in [3.8, 4) is 0 Å². The summed E-state index contributed by atoms with van der Waals surface area (Å²) in [7, 11) is -3.98. The molecule has 0 bridgehead atoms. The SMILES string of the molecule is CCC(=O)Nc1ccc(S(=O)(=O)NCC(O)c2ccc(C(F)(F)F)cc2)c(C)c1. The Hall–Kier alpha value is -2.43. The van der Waals surface area contributed by atoms with Gasteiger partial charge in [0, 0.05) is 18.7 Å². The van der Waals surface area contributed by atoms with Gasteiger partial charge in [-0.05, 0) is 48.4 Å². The number of nitrogens with one attached hydrogen (secondary N) is 2. The predicted octanol–water partition coefficient (Wildman–Crippen LogP) is 3.37. The Morgan fingerprint density at radius 3 is 2.28 bits per heavy atom. The van der Waals surface area contributed by atoms with Gasteiger partial charge >= 0.3 is 6.18 Å². The summed E-state index contributed by atoms with van der Waals surface area (Å²) in [6, 6.07) is 8.11. The molecule has 0 fully saturated rings. The van der Waals surface area contributed by atoms with E-state index in [1.54, 1.807) is 13.8 Å². The van der Waals surface area contributed by atoms with Crippen molar-refractivity contribution in [3.63, 3.8) is 0 Å². The van der Waals surface area contributed by atoms with E-state index in [0.29, 0.717) is 11.3 Å². The highest BCUT2D eigenvalue weighted by Gasteiger charge is 2.30. The molecule has 0 heterocycles. The van der Waals surface area contributed by atoms with Gasteiger partial charge in [-0.2, -0.15) is 13.2 Å².